The van der Waals surface area contributed by atoms with Crippen LogP contribution in [-0.4, -0.2) is 29.1 Å². The van der Waals surface area contributed by atoms with Gasteiger partial charge in [-0.15, -0.1) is 0 Å². The first-order valence-corrected chi connectivity index (χ1v) is 8.14. The lowest BCUT2D eigenvalue weighted by atomic mass is 9.98. The molecular formula is C16H32N2O. The fraction of sp³-hybridized carbons (Fsp3) is 0.938. The minimum absolute atomic E-state index is 0.0287. The first-order valence-electron chi connectivity index (χ1n) is 8.14. The molecule has 1 rings (SSSR count). The zero-order chi connectivity index (χ0) is 14.4. The second kappa shape index (κ2) is 7.88. The highest BCUT2D eigenvalue weighted by molar-refractivity contribution is 5.84. The molecule has 1 aliphatic rings. The van der Waals surface area contributed by atoms with Crippen LogP contribution in [0.2, 0.25) is 0 Å². The van der Waals surface area contributed by atoms with Crippen LogP contribution >= 0.6 is 0 Å². The summed E-state index contributed by atoms with van der Waals surface area (Å²) in [6, 6.07) is 0.454. The Hall–Kier alpha value is -0.570. The Morgan fingerprint density at radius 2 is 1.89 bits per heavy atom. The monoisotopic (exact) mass is 268 g/mol. The number of carbonyl (C=O) groups excluding carboxylic acids is 1. The Labute approximate surface area is 119 Å². The molecule has 0 aliphatic carbocycles. The summed E-state index contributed by atoms with van der Waals surface area (Å²) < 4.78 is 0. The fourth-order valence-corrected chi connectivity index (χ4v) is 3.10. The molecule has 3 nitrogen and oxygen atoms in total. The second-order valence-electron chi connectivity index (χ2n) is 6.04. The van der Waals surface area contributed by atoms with Crippen LogP contribution in [0.1, 0.15) is 73.1 Å². The van der Waals surface area contributed by atoms with Crippen LogP contribution in [0.3, 0.4) is 0 Å². The van der Waals surface area contributed by atoms with E-state index in [2.05, 4.69) is 44.8 Å². The lowest BCUT2D eigenvalue weighted by molar-refractivity contribution is -0.133. The summed E-state index contributed by atoms with van der Waals surface area (Å²) >= 11 is 0. The summed E-state index contributed by atoms with van der Waals surface area (Å²) in [4.78, 5) is 14.8. The molecule has 0 aromatic carbocycles. The minimum atomic E-state index is 0.0287. The van der Waals surface area contributed by atoms with Crippen LogP contribution < -0.4 is 5.32 Å². The van der Waals surface area contributed by atoms with E-state index < -0.39 is 0 Å². The molecule has 0 radical (unpaired) electrons. The number of hydrogen-bond donors (Lipinski definition) is 1. The lowest BCUT2D eigenvalue weighted by Crippen LogP contribution is -2.43. The van der Waals surface area contributed by atoms with Gasteiger partial charge in [-0.1, -0.05) is 53.4 Å². The number of hydrogen-bond acceptors (Lipinski definition) is 2. The Balaban J connectivity index is 2.75. The van der Waals surface area contributed by atoms with E-state index in [9.17, 15) is 4.79 Å². The van der Waals surface area contributed by atoms with Gasteiger partial charge in [0.1, 0.15) is 0 Å². The molecule has 112 valence electrons. The van der Waals surface area contributed by atoms with E-state index in [0.29, 0.717) is 17.9 Å². The van der Waals surface area contributed by atoms with Gasteiger partial charge in [-0.25, -0.2) is 0 Å². The van der Waals surface area contributed by atoms with Crippen LogP contribution in [-0.2, 0) is 4.79 Å². The third-order valence-electron chi connectivity index (χ3n) is 4.48. The largest absolute Gasteiger partial charge is 0.323 e. The molecule has 1 heterocycles. The predicted molar refractivity (Wildman–Crippen MR) is 80.9 cm³/mol. The Kier molecular flexibility index (Phi) is 6.84. The molecule has 3 heteroatoms. The Bertz CT molecular complexity index is 280. The number of nitrogens with zero attached hydrogens (tertiary/aromatic N) is 1. The highest BCUT2D eigenvalue weighted by Gasteiger charge is 2.41. The van der Waals surface area contributed by atoms with Gasteiger partial charge in [0, 0.05) is 6.04 Å². The molecule has 1 amide bonds. The fourth-order valence-electron chi connectivity index (χ4n) is 3.10. The van der Waals surface area contributed by atoms with Crippen molar-refractivity contribution in [1.29, 1.82) is 0 Å². The van der Waals surface area contributed by atoms with Crippen LogP contribution in [0.4, 0.5) is 0 Å². The van der Waals surface area contributed by atoms with Gasteiger partial charge >= 0.3 is 0 Å². The number of nitrogens with one attached hydrogen (secondary N) is 1. The molecule has 0 aromatic heterocycles. The lowest BCUT2D eigenvalue weighted by Gasteiger charge is -2.31. The zero-order valence-corrected chi connectivity index (χ0v) is 13.4. The van der Waals surface area contributed by atoms with Crippen molar-refractivity contribution in [3.63, 3.8) is 0 Å². The topological polar surface area (TPSA) is 32.3 Å². The van der Waals surface area contributed by atoms with Gasteiger partial charge in [0.05, 0.1) is 12.2 Å². The SMILES string of the molecule is CCCCC(CCC)N1C(=O)C(C(C)CC)NC1C. The summed E-state index contributed by atoms with van der Waals surface area (Å²) in [5, 5.41) is 3.50. The van der Waals surface area contributed by atoms with Gasteiger partial charge in [0.2, 0.25) is 5.91 Å². The van der Waals surface area contributed by atoms with Crippen LogP contribution in [0, 0.1) is 5.92 Å². The maximum atomic E-state index is 12.7. The smallest absolute Gasteiger partial charge is 0.241 e. The third-order valence-corrected chi connectivity index (χ3v) is 4.48. The first kappa shape index (κ1) is 16.5. The van der Waals surface area contributed by atoms with Gasteiger partial charge in [0.25, 0.3) is 0 Å². The maximum Gasteiger partial charge on any atom is 0.241 e. The van der Waals surface area contributed by atoms with Gasteiger partial charge < -0.3 is 4.90 Å². The van der Waals surface area contributed by atoms with Crippen molar-refractivity contribution in [2.24, 2.45) is 5.92 Å². The second-order valence-corrected chi connectivity index (χ2v) is 6.04. The molecule has 0 saturated carbocycles. The van der Waals surface area contributed by atoms with Crippen molar-refractivity contribution in [1.82, 2.24) is 10.2 Å². The van der Waals surface area contributed by atoms with Crippen molar-refractivity contribution in [2.75, 3.05) is 0 Å². The predicted octanol–water partition coefficient (Wildman–Crippen LogP) is 3.54. The molecule has 0 bridgehead atoms. The van der Waals surface area contributed by atoms with Gasteiger partial charge in [-0.2, -0.15) is 0 Å². The highest BCUT2D eigenvalue weighted by atomic mass is 16.2. The van der Waals surface area contributed by atoms with E-state index in [1.54, 1.807) is 0 Å². The molecule has 4 unspecified atom stereocenters. The standard InChI is InChI=1S/C16H32N2O/c1-6-9-11-14(10-7-2)18-13(5)17-15(16(18)19)12(4)8-3/h12-15,17H,6-11H2,1-5H3. The molecular weight excluding hydrogens is 236 g/mol. The highest BCUT2D eigenvalue weighted by Crippen LogP contribution is 2.25. The number of carbonyl (C=O) groups is 1. The summed E-state index contributed by atoms with van der Waals surface area (Å²) in [6.07, 6.45) is 7.10. The van der Waals surface area contributed by atoms with Crippen molar-refractivity contribution in [3.05, 3.63) is 0 Å². The molecule has 1 N–H and O–H groups in total. The van der Waals surface area contributed by atoms with Gasteiger partial charge in [0.15, 0.2) is 0 Å². The Morgan fingerprint density at radius 1 is 1.21 bits per heavy atom. The summed E-state index contributed by atoms with van der Waals surface area (Å²) in [5.41, 5.74) is 0. The molecule has 4 atom stereocenters. The summed E-state index contributed by atoms with van der Waals surface area (Å²) in [7, 11) is 0. The number of amides is 1. The van der Waals surface area contributed by atoms with E-state index >= 15 is 0 Å². The van der Waals surface area contributed by atoms with Crippen molar-refractivity contribution < 1.29 is 4.79 Å². The molecule has 19 heavy (non-hydrogen) atoms. The van der Waals surface area contributed by atoms with Crippen LogP contribution in [0.25, 0.3) is 0 Å². The summed E-state index contributed by atoms with van der Waals surface area (Å²) in [5.74, 6) is 0.754. The van der Waals surface area contributed by atoms with Crippen molar-refractivity contribution >= 4 is 5.91 Å². The Morgan fingerprint density at radius 3 is 2.42 bits per heavy atom. The van der Waals surface area contributed by atoms with E-state index in [4.69, 9.17) is 0 Å². The van der Waals surface area contributed by atoms with Crippen LogP contribution in [0.15, 0.2) is 0 Å². The average Bonchev–Trinajstić information content (AvgIpc) is 2.69. The quantitative estimate of drug-likeness (QED) is 0.730. The van der Waals surface area contributed by atoms with E-state index in [0.717, 1.165) is 25.7 Å². The van der Waals surface area contributed by atoms with E-state index in [-0.39, 0.29) is 12.2 Å². The molecule has 1 saturated heterocycles. The minimum Gasteiger partial charge on any atom is -0.323 e. The first-order chi connectivity index (χ1) is 9.06. The van der Waals surface area contributed by atoms with Gasteiger partial charge in [-0.05, 0) is 25.7 Å². The number of unbranched alkanes of at least 4 members (excludes halogenated alkanes) is 1. The van der Waals surface area contributed by atoms with E-state index in [1.807, 2.05) is 0 Å². The molecule has 1 aliphatic heterocycles. The van der Waals surface area contributed by atoms with Crippen molar-refractivity contribution in [3.8, 4) is 0 Å². The maximum absolute atomic E-state index is 12.7. The summed E-state index contributed by atoms with van der Waals surface area (Å²) in [6.45, 7) is 10.9. The number of rotatable bonds is 8. The normalized spacial score (nSPS) is 26.8. The molecule has 1 fully saturated rings. The van der Waals surface area contributed by atoms with Crippen LogP contribution in [0.5, 0.6) is 0 Å². The zero-order valence-electron chi connectivity index (χ0n) is 13.4. The van der Waals surface area contributed by atoms with Gasteiger partial charge in [-0.3, -0.25) is 10.1 Å². The van der Waals surface area contributed by atoms with E-state index in [1.165, 1.54) is 12.8 Å². The van der Waals surface area contributed by atoms with Crippen molar-refractivity contribution in [2.45, 2.75) is 91.4 Å². The average molecular weight is 268 g/mol. The molecule has 0 aromatic rings. The third kappa shape index (κ3) is 3.95. The molecule has 0 spiro atoms.